The maximum absolute atomic E-state index is 11.9. The van der Waals surface area contributed by atoms with Gasteiger partial charge in [-0.05, 0) is 36.6 Å². The number of rotatable bonds is 8. The molecule has 0 aromatic heterocycles. The maximum atomic E-state index is 11.9. The molecular weight excluding hydrogens is 475 g/mol. The zero-order valence-electron chi connectivity index (χ0n) is 17.0. The molecule has 158 valence electrons. The molecule has 1 aliphatic rings. The number of carbonyl (C=O) groups is 1. The molecule has 0 unspecified atom stereocenters. The Bertz CT molecular complexity index is 670. The van der Waals surface area contributed by atoms with E-state index in [1.165, 1.54) is 11.1 Å². The topological polar surface area (TPSA) is 84.4 Å². The van der Waals surface area contributed by atoms with Crippen LogP contribution in [0.2, 0.25) is 0 Å². The van der Waals surface area contributed by atoms with Gasteiger partial charge in [0.15, 0.2) is 17.5 Å². The number of amides is 1. The second-order valence-corrected chi connectivity index (χ2v) is 6.16. The fourth-order valence-corrected chi connectivity index (χ4v) is 2.98. The lowest BCUT2D eigenvalue weighted by atomic mass is 9.99. The van der Waals surface area contributed by atoms with Crippen LogP contribution in [-0.4, -0.2) is 70.9 Å². The molecule has 1 aromatic rings. The van der Waals surface area contributed by atoms with Gasteiger partial charge >= 0.3 is 0 Å². The van der Waals surface area contributed by atoms with Crippen LogP contribution >= 0.6 is 24.0 Å². The van der Waals surface area contributed by atoms with Gasteiger partial charge in [0.2, 0.25) is 5.91 Å². The Morgan fingerprint density at radius 2 is 1.82 bits per heavy atom. The third-order valence-electron chi connectivity index (χ3n) is 4.35. The monoisotopic (exact) mass is 506 g/mol. The number of benzene rings is 1. The molecule has 0 spiro atoms. The molecule has 0 saturated carbocycles. The van der Waals surface area contributed by atoms with Crippen LogP contribution in [0.25, 0.3) is 0 Å². The van der Waals surface area contributed by atoms with Crippen LogP contribution < -0.4 is 20.1 Å². The van der Waals surface area contributed by atoms with Gasteiger partial charge in [-0.1, -0.05) is 0 Å². The predicted octanol–water partition coefficient (Wildman–Crippen LogP) is 1.41. The Kier molecular flexibility index (Phi) is 11.0. The molecule has 0 radical (unpaired) electrons. The van der Waals surface area contributed by atoms with Gasteiger partial charge in [0.05, 0.1) is 20.8 Å². The van der Waals surface area contributed by atoms with E-state index in [1.54, 1.807) is 21.3 Å². The molecule has 0 atom stereocenters. The number of nitrogens with zero attached hydrogens (tertiary/aromatic N) is 2. The number of methoxy groups -OCH3 is 3. The summed E-state index contributed by atoms with van der Waals surface area (Å²) in [6, 6.07) is 4.06. The molecule has 9 heteroatoms. The molecule has 8 nitrogen and oxygen atoms in total. The second-order valence-electron chi connectivity index (χ2n) is 6.16. The number of aliphatic imine (C=N–C) groups is 1. The van der Waals surface area contributed by atoms with Gasteiger partial charge in [-0.2, -0.15) is 0 Å². The first-order valence-corrected chi connectivity index (χ1v) is 9.15. The zero-order valence-corrected chi connectivity index (χ0v) is 19.4. The molecule has 2 rings (SSSR count). The summed E-state index contributed by atoms with van der Waals surface area (Å²) in [7, 11) is 4.89. The molecule has 1 aromatic carbocycles. The minimum absolute atomic E-state index is 0. The molecule has 1 amide bonds. The maximum Gasteiger partial charge on any atom is 0.241 e. The lowest BCUT2D eigenvalue weighted by Gasteiger charge is -2.32. The standard InChI is InChI=1S/C19H30N4O4.HI/c1-5-20-19(22-12-18(24)21-7-9-25-2)23-8-6-14-10-16(26-3)17(27-4)11-15(14)13-23;/h10-11H,5-9,12-13H2,1-4H3,(H,20,22)(H,21,24);1H. The third-order valence-corrected chi connectivity index (χ3v) is 4.35. The number of hydrogen-bond acceptors (Lipinski definition) is 5. The van der Waals surface area contributed by atoms with E-state index in [2.05, 4.69) is 20.5 Å². The summed E-state index contributed by atoms with van der Waals surface area (Å²) in [5, 5.41) is 6.05. The highest BCUT2D eigenvalue weighted by molar-refractivity contribution is 14.0. The van der Waals surface area contributed by atoms with E-state index in [1.807, 2.05) is 19.1 Å². The van der Waals surface area contributed by atoms with Crippen molar-refractivity contribution in [3.8, 4) is 11.5 Å². The summed E-state index contributed by atoms with van der Waals surface area (Å²) >= 11 is 0. The van der Waals surface area contributed by atoms with Crippen molar-refractivity contribution in [1.82, 2.24) is 15.5 Å². The largest absolute Gasteiger partial charge is 0.493 e. The highest BCUT2D eigenvalue weighted by Crippen LogP contribution is 2.33. The first-order chi connectivity index (χ1) is 13.1. The molecule has 0 saturated heterocycles. The smallest absolute Gasteiger partial charge is 0.241 e. The highest BCUT2D eigenvalue weighted by atomic mass is 127. The number of nitrogens with one attached hydrogen (secondary N) is 2. The van der Waals surface area contributed by atoms with Crippen molar-refractivity contribution >= 4 is 35.8 Å². The summed E-state index contributed by atoms with van der Waals surface area (Å²) in [6.07, 6.45) is 0.875. The van der Waals surface area contributed by atoms with E-state index < -0.39 is 0 Å². The van der Waals surface area contributed by atoms with Crippen LogP contribution in [-0.2, 0) is 22.5 Å². The van der Waals surface area contributed by atoms with Gasteiger partial charge < -0.3 is 29.7 Å². The fourth-order valence-electron chi connectivity index (χ4n) is 2.98. The van der Waals surface area contributed by atoms with Gasteiger partial charge in [-0.25, -0.2) is 4.99 Å². The van der Waals surface area contributed by atoms with E-state index in [0.29, 0.717) is 19.7 Å². The van der Waals surface area contributed by atoms with E-state index in [0.717, 1.165) is 37.0 Å². The van der Waals surface area contributed by atoms with Crippen LogP contribution in [0.4, 0.5) is 0 Å². The lowest BCUT2D eigenvalue weighted by Crippen LogP contribution is -2.44. The number of fused-ring (bicyclic) bond motifs is 1. The summed E-state index contributed by atoms with van der Waals surface area (Å²) in [5.41, 5.74) is 2.42. The minimum Gasteiger partial charge on any atom is -0.493 e. The summed E-state index contributed by atoms with van der Waals surface area (Å²) in [5.74, 6) is 2.08. The first-order valence-electron chi connectivity index (χ1n) is 9.15. The fraction of sp³-hybridized carbons (Fsp3) is 0.579. The molecule has 0 bridgehead atoms. The summed E-state index contributed by atoms with van der Waals surface area (Å²) < 4.78 is 15.7. The Morgan fingerprint density at radius 3 is 2.43 bits per heavy atom. The van der Waals surface area contributed by atoms with Gasteiger partial charge in [0, 0.05) is 33.3 Å². The van der Waals surface area contributed by atoms with Gasteiger partial charge in [-0.3, -0.25) is 4.79 Å². The Hall–Kier alpha value is -1.75. The lowest BCUT2D eigenvalue weighted by molar-refractivity contribution is -0.119. The average molecular weight is 506 g/mol. The van der Waals surface area contributed by atoms with E-state index in [9.17, 15) is 4.79 Å². The molecule has 0 aliphatic carbocycles. The quantitative estimate of drug-likeness (QED) is 0.240. The van der Waals surface area contributed by atoms with Crippen molar-refractivity contribution in [1.29, 1.82) is 0 Å². The highest BCUT2D eigenvalue weighted by Gasteiger charge is 2.21. The number of ether oxygens (including phenoxy) is 3. The van der Waals surface area contributed by atoms with E-state index in [-0.39, 0.29) is 36.4 Å². The number of guanidine groups is 1. The van der Waals surface area contributed by atoms with Crippen LogP contribution in [0.15, 0.2) is 17.1 Å². The Morgan fingerprint density at radius 1 is 1.14 bits per heavy atom. The average Bonchev–Trinajstić information content (AvgIpc) is 2.69. The van der Waals surface area contributed by atoms with Crippen LogP contribution in [0, 0.1) is 0 Å². The van der Waals surface area contributed by atoms with Crippen molar-refractivity contribution in [3.63, 3.8) is 0 Å². The number of hydrogen-bond donors (Lipinski definition) is 2. The van der Waals surface area contributed by atoms with Crippen LogP contribution in [0.5, 0.6) is 11.5 Å². The van der Waals surface area contributed by atoms with Crippen molar-refractivity contribution in [2.24, 2.45) is 4.99 Å². The van der Waals surface area contributed by atoms with Crippen molar-refractivity contribution in [3.05, 3.63) is 23.3 Å². The van der Waals surface area contributed by atoms with E-state index in [4.69, 9.17) is 14.2 Å². The molecular formula is C19H31IN4O4. The van der Waals surface area contributed by atoms with Crippen molar-refractivity contribution in [2.75, 3.05) is 54.1 Å². The first kappa shape index (κ1) is 24.3. The predicted molar refractivity (Wildman–Crippen MR) is 120 cm³/mol. The zero-order chi connectivity index (χ0) is 19.6. The number of halogens is 1. The SMILES string of the molecule is CCNC(=NCC(=O)NCCOC)N1CCc2cc(OC)c(OC)cc2C1.I. The van der Waals surface area contributed by atoms with Crippen LogP contribution in [0.1, 0.15) is 18.1 Å². The van der Waals surface area contributed by atoms with Crippen molar-refractivity contribution in [2.45, 2.75) is 19.9 Å². The Balaban J connectivity index is 0.00000392. The molecule has 1 aliphatic heterocycles. The second kappa shape index (κ2) is 12.7. The molecule has 0 fully saturated rings. The molecule has 28 heavy (non-hydrogen) atoms. The molecule has 2 N–H and O–H groups in total. The molecule has 1 heterocycles. The van der Waals surface area contributed by atoms with Gasteiger partial charge in [-0.15, -0.1) is 24.0 Å². The van der Waals surface area contributed by atoms with E-state index >= 15 is 0 Å². The number of carbonyl (C=O) groups excluding carboxylic acids is 1. The van der Waals surface area contributed by atoms with Crippen LogP contribution in [0.3, 0.4) is 0 Å². The Labute approximate surface area is 184 Å². The third kappa shape index (κ3) is 6.69. The summed E-state index contributed by atoms with van der Waals surface area (Å²) in [4.78, 5) is 18.6. The van der Waals surface area contributed by atoms with Gasteiger partial charge in [0.1, 0.15) is 6.54 Å². The van der Waals surface area contributed by atoms with Gasteiger partial charge in [0.25, 0.3) is 0 Å². The van der Waals surface area contributed by atoms with Crippen molar-refractivity contribution < 1.29 is 19.0 Å². The minimum atomic E-state index is -0.119. The normalized spacial score (nSPS) is 13.3. The summed E-state index contributed by atoms with van der Waals surface area (Å²) in [6.45, 7) is 5.33.